The van der Waals surface area contributed by atoms with Crippen LogP contribution in [0.1, 0.15) is 103 Å². The lowest BCUT2D eigenvalue weighted by Gasteiger charge is -2.35. The van der Waals surface area contributed by atoms with Crippen LogP contribution in [0.25, 0.3) is 0 Å². The van der Waals surface area contributed by atoms with Gasteiger partial charge < -0.3 is 45.4 Å². The molecule has 0 radical (unpaired) electrons. The molecule has 3 saturated heterocycles. The van der Waals surface area contributed by atoms with Gasteiger partial charge in [-0.05, 0) is 109 Å². The number of alkyl carbamates (subject to hydrolysis) is 2. The highest BCUT2D eigenvalue weighted by Gasteiger charge is 2.44. The second kappa shape index (κ2) is 19.7. The number of halogens is 1. The maximum atomic E-state index is 14.2. The summed E-state index contributed by atoms with van der Waals surface area (Å²) in [6.07, 6.45) is 2.41. The number of amides is 6. The first-order valence-corrected chi connectivity index (χ1v) is 22.0. The first-order valence-electron chi connectivity index (χ1n) is 22.0. The van der Waals surface area contributed by atoms with Crippen LogP contribution >= 0.6 is 0 Å². The van der Waals surface area contributed by atoms with Crippen molar-refractivity contribution in [3.8, 4) is 0 Å². The van der Waals surface area contributed by atoms with E-state index in [1.807, 2.05) is 90.1 Å². The molecule has 0 aliphatic carbocycles. The summed E-state index contributed by atoms with van der Waals surface area (Å²) in [7, 11) is 2.48. The number of nitrogens with one attached hydrogen (secondary N) is 4. The smallest absolute Gasteiger partial charge is 0.407 e. The van der Waals surface area contributed by atoms with Crippen LogP contribution in [0.5, 0.6) is 0 Å². The number of carbonyl (C=O) groups excluding carboxylic acids is 6. The number of hydrogen-bond donors (Lipinski definition) is 4. The molecular formula is C48H62FN7O8. The SMILES string of the molecule is COC(=O)N[C@H](C(=O)N1CCC[C@H]1C(=O)Nc1ccc([C@H]2CC[C@@H](c3ccc(NC(=O)[C@@H]4CCCN4C(=O)[C@@H](NC(=O)OC)C(C)(C)C)cc3)N2c2ccc(F)cc2)cc1)C(C)(C)C. The van der Waals surface area contributed by atoms with Crippen LogP contribution < -0.4 is 26.2 Å². The average molecular weight is 884 g/mol. The van der Waals surface area contributed by atoms with Gasteiger partial charge >= 0.3 is 12.2 Å². The van der Waals surface area contributed by atoms with Gasteiger partial charge in [0.15, 0.2) is 0 Å². The molecule has 3 aromatic carbocycles. The van der Waals surface area contributed by atoms with Gasteiger partial charge in [-0.15, -0.1) is 0 Å². The molecule has 3 aromatic rings. The van der Waals surface area contributed by atoms with E-state index in [1.165, 1.54) is 36.2 Å². The predicted octanol–water partition coefficient (Wildman–Crippen LogP) is 7.31. The molecule has 0 unspecified atom stereocenters. The minimum atomic E-state index is -0.885. The second-order valence-electron chi connectivity index (χ2n) is 19.0. The maximum absolute atomic E-state index is 14.2. The lowest BCUT2D eigenvalue weighted by atomic mass is 9.85. The average Bonchev–Trinajstić information content (AvgIpc) is 4.05. The van der Waals surface area contributed by atoms with Crippen molar-refractivity contribution in [2.24, 2.45) is 10.8 Å². The molecule has 0 aromatic heterocycles. The molecule has 344 valence electrons. The van der Waals surface area contributed by atoms with Crippen molar-refractivity contribution in [3.05, 3.63) is 89.7 Å². The van der Waals surface area contributed by atoms with E-state index in [1.54, 1.807) is 12.1 Å². The number of rotatable bonds is 11. The summed E-state index contributed by atoms with van der Waals surface area (Å²) in [6, 6.07) is 18.3. The van der Waals surface area contributed by atoms with Crippen molar-refractivity contribution >= 4 is 52.9 Å². The Kier molecular flexibility index (Phi) is 14.5. The van der Waals surface area contributed by atoms with E-state index < -0.39 is 47.2 Å². The number of hydrogen-bond acceptors (Lipinski definition) is 9. The molecular weight excluding hydrogens is 822 g/mol. The Morgan fingerprint density at radius 1 is 0.578 bits per heavy atom. The fourth-order valence-electron chi connectivity index (χ4n) is 9.06. The fraction of sp³-hybridized carbons (Fsp3) is 0.500. The van der Waals surface area contributed by atoms with E-state index >= 15 is 0 Å². The van der Waals surface area contributed by atoms with E-state index in [4.69, 9.17) is 9.47 Å². The quantitative estimate of drug-likeness (QED) is 0.154. The van der Waals surface area contributed by atoms with Gasteiger partial charge in [0, 0.05) is 30.2 Å². The van der Waals surface area contributed by atoms with Crippen LogP contribution in [0, 0.1) is 16.6 Å². The van der Waals surface area contributed by atoms with Gasteiger partial charge in [-0.1, -0.05) is 65.8 Å². The first-order chi connectivity index (χ1) is 30.3. The Bertz CT molecular complexity index is 2040. The molecule has 0 saturated carbocycles. The summed E-state index contributed by atoms with van der Waals surface area (Å²) in [5.41, 5.74) is 2.74. The van der Waals surface area contributed by atoms with Gasteiger partial charge in [0.2, 0.25) is 23.6 Å². The minimum absolute atomic E-state index is 0.0873. The third kappa shape index (κ3) is 10.8. The third-order valence-corrected chi connectivity index (χ3v) is 12.4. The van der Waals surface area contributed by atoms with E-state index in [9.17, 15) is 33.2 Å². The molecule has 0 bridgehead atoms. The summed E-state index contributed by atoms with van der Waals surface area (Å²) in [5.74, 6) is -1.65. The summed E-state index contributed by atoms with van der Waals surface area (Å²) >= 11 is 0. The van der Waals surface area contributed by atoms with Crippen LogP contribution in [0.2, 0.25) is 0 Å². The Morgan fingerprint density at radius 2 is 0.953 bits per heavy atom. The van der Waals surface area contributed by atoms with E-state index in [2.05, 4.69) is 26.2 Å². The van der Waals surface area contributed by atoms with Gasteiger partial charge in [-0.25, -0.2) is 14.0 Å². The normalized spacial score (nSPS) is 20.9. The number of anilines is 3. The minimum Gasteiger partial charge on any atom is -0.453 e. The molecule has 4 N–H and O–H groups in total. The number of nitrogens with zero attached hydrogens (tertiary/aromatic N) is 3. The molecule has 3 aliphatic heterocycles. The zero-order valence-corrected chi connectivity index (χ0v) is 38.0. The Labute approximate surface area is 374 Å². The summed E-state index contributed by atoms with van der Waals surface area (Å²) in [4.78, 5) is 84.3. The standard InChI is InChI=1S/C48H62FN7O8/c1-47(2,3)39(52-45(61)63-7)43(59)54-27-9-11-37(54)41(57)50-32-19-13-29(14-20-32)35-25-26-36(56(35)34-23-17-31(49)18-24-34)30-15-21-33(22-16-30)51-42(58)38-12-10-28-55(38)44(60)40(48(4,5)6)53-46(62)64-8/h13-24,35-40H,9-12,25-28H2,1-8H3,(H,50,57)(H,51,58)(H,52,61)(H,53,62)/t35-,36+,37-,38-,39+,40+/m0/s1. The molecule has 3 fully saturated rings. The van der Waals surface area contributed by atoms with Crippen molar-refractivity contribution in [3.63, 3.8) is 0 Å². The van der Waals surface area contributed by atoms with Gasteiger partial charge in [0.05, 0.1) is 26.3 Å². The predicted molar refractivity (Wildman–Crippen MR) is 241 cm³/mol. The number of ether oxygens (including phenoxy) is 2. The van der Waals surface area contributed by atoms with E-state index in [0.717, 1.165) is 29.7 Å². The molecule has 6 amide bonds. The lowest BCUT2D eigenvalue weighted by Crippen LogP contribution is -2.57. The zero-order valence-electron chi connectivity index (χ0n) is 38.0. The molecule has 64 heavy (non-hydrogen) atoms. The van der Waals surface area contributed by atoms with Crippen LogP contribution in [-0.2, 0) is 28.7 Å². The fourth-order valence-corrected chi connectivity index (χ4v) is 9.06. The van der Waals surface area contributed by atoms with Crippen LogP contribution in [0.4, 0.5) is 31.0 Å². The molecule has 0 spiro atoms. The first kappa shape index (κ1) is 47.3. The molecule has 3 aliphatic rings. The van der Waals surface area contributed by atoms with Crippen LogP contribution in [-0.4, -0.2) is 97.1 Å². The monoisotopic (exact) mass is 883 g/mol. The van der Waals surface area contributed by atoms with Crippen molar-refractivity contribution in [1.29, 1.82) is 0 Å². The van der Waals surface area contributed by atoms with E-state index in [-0.39, 0.29) is 41.5 Å². The number of likely N-dealkylation sites (tertiary alicyclic amines) is 2. The molecule has 15 nitrogen and oxygen atoms in total. The highest BCUT2D eigenvalue weighted by molar-refractivity contribution is 6.00. The number of methoxy groups -OCH3 is 2. The van der Waals surface area contributed by atoms with Crippen molar-refractivity contribution in [2.75, 3.05) is 42.8 Å². The maximum Gasteiger partial charge on any atom is 0.407 e. The largest absolute Gasteiger partial charge is 0.453 e. The Hall–Kier alpha value is -6.19. The molecule has 6 atom stereocenters. The van der Waals surface area contributed by atoms with Crippen LogP contribution in [0.3, 0.4) is 0 Å². The zero-order chi connectivity index (χ0) is 46.5. The van der Waals surface area contributed by atoms with Crippen molar-refractivity contribution in [2.45, 2.75) is 116 Å². The van der Waals surface area contributed by atoms with Gasteiger partial charge in [0.1, 0.15) is 30.0 Å². The van der Waals surface area contributed by atoms with Gasteiger partial charge in [-0.3, -0.25) is 19.2 Å². The molecule has 6 rings (SSSR count). The van der Waals surface area contributed by atoms with Gasteiger partial charge in [-0.2, -0.15) is 0 Å². The van der Waals surface area contributed by atoms with Crippen molar-refractivity contribution in [1.82, 2.24) is 20.4 Å². The highest BCUT2D eigenvalue weighted by atomic mass is 19.1. The highest BCUT2D eigenvalue weighted by Crippen LogP contribution is 2.47. The summed E-state index contributed by atoms with van der Waals surface area (Å²) in [5, 5.41) is 11.3. The summed E-state index contributed by atoms with van der Waals surface area (Å²) < 4.78 is 23.7. The third-order valence-electron chi connectivity index (χ3n) is 12.4. The number of benzene rings is 3. The Balaban J connectivity index is 1.14. The Morgan fingerprint density at radius 3 is 1.30 bits per heavy atom. The number of carbonyl (C=O) groups is 6. The second-order valence-corrected chi connectivity index (χ2v) is 19.0. The van der Waals surface area contributed by atoms with E-state index in [0.29, 0.717) is 50.1 Å². The molecule has 16 heteroatoms. The van der Waals surface area contributed by atoms with Crippen molar-refractivity contribution < 1.29 is 42.6 Å². The van der Waals surface area contributed by atoms with Crippen LogP contribution in [0.15, 0.2) is 72.8 Å². The topological polar surface area (TPSA) is 179 Å². The molecule has 3 heterocycles. The lowest BCUT2D eigenvalue weighted by molar-refractivity contribution is -0.140. The van der Waals surface area contributed by atoms with Gasteiger partial charge in [0.25, 0.3) is 0 Å². The summed E-state index contributed by atoms with van der Waals surface area (Å²) in [6.45, 7) is 11.8.